The summed E-state index contributed by atoms with van der Waals surface area (Å²) in [4.78, 5) is 29.4. The molecule has 0 aliphatic rings. The van der Waals surface area contributed by atoms with E-state index in [1.54, 1.807) is 24.4 Å². The number of aromatic hydroxyl groups is 1. The van der Waals surface area contributed by atoms with Crippen molar-refractivity contribution in [2.45, 2.75) is 13.1 Å². The maximum absolute atomic E-state index is 13.5. The largest absolute Gasteiger partial charge is 0.508 e. The summed E-state index contributed by atoms with van der Waals surface area (Å²) in [5.74, 6) is -4.20. The van der Waals surface area contributed by atoms with Crippen LogP contribution in [-0.4, -0.2) is 31.6 Å². The summed E-state index contributed by atoms with van der Waals surface area (Å²) < 4.78 is 28.0. The zero-order valence-corrected chi connectivity index (χ0v) is 16.5. The van der Waals surface area contributed by atoms with Crippen LogP contribution in [-0.2, 0) is 13.1 Å². The van der Waals surface area contributed by atoms with Crippen LogP contribution in [0.3, 0.4) is 0 Å². The molecule has 0 atom stereocenters. The first-order chi connectivity index (χ1) is 15.3. The van der Waals surface area contributed by atoms with Gasteiger partial charge in [0.1, 0.15) is 11.4 Å². The summed E-state index contributed by atoms with van der Waals surface area (Å²) in [5, 5.41) is 22.8. The van der Waals surface area contributed by atoms with Gasteiger partial charge in [0.25, 0.3) is 5.91 Å². The molecule has 0 saturated heterocycles. The van der Waals surface area contributed by atoms with Gasteiger partial charge in [0.2, 0.25) is 0 Å². The van der Waals surface area contributed by atoms with Crippen molar-refractivity contribution in [3.05, 3.63) is 94.9 Å². The Kier molecular flexibility index (Phi) is 5.55. The van der Waals surface area contributed by atoms with Gasteiger partial charge < -0.3 is 20.1 Å². The summed E-state index contributed by atoms with van der Waals surface area (Å²) in [6, 6.07) is 12.6. The van der Waals surface area contributed by atoms with Gasteiger partial charge in [-0.15, -0.1) is 0 Å². The number of carbonyl (C=O) groups is 2. The molecule has 0 unspecified atom stereocenters. The monoisotopic (exact) mass is 437 g/mol. The van der Waals surface area contributed by atoms with Crippen LogP contribution in [0.2, 0.25) is 0 Å². The molecule has 0 bridgehead atoms. The van der Waals surface area contributed by atoms with Crippen LogP contribution in [0.5, 0.6) is 5.75 Å². The molecule has 4 aromatic rings. The number of phenolic OH excluding ortho intramolecular Hbond substituents is 1. The molecule has 0 fully saturated rings. The smallest absolute Gasteiger partial charge is 0.353 e. The van der Waals surface area contributed by atoms with Crippen LogP contribution in [0.1, 0.15) is 32.1 Å². The van der Waals surface area contributed by atoms with Gasteiger partial charge in [-0.2, -0.15) is 0 Å². The van der Waals surface area contributed by atoms with E-state index in [4.69, 9.17) is 0 Å². The van der Waals surface area contributed by atoms with Gasteiger partial charge in [-0.05, 0) is 42.0 Å². The molecule has 2 aromatic carbocycles. The molecule has 0 spiro atoms. The maximum Gasteiger partial charge on any atom is 0.353 e. The van der Waals surface area contributed by atoms with Gasteiger partial charge in [0.05, 0.1) is 23.3 Å². The molecule has 9 heteroatoms. The number of pyridine rings is 1. The molecule has 32 heavy (non-hydrogen) atoms. The first-order valence-electron chi connectivity index (χ1n) is 9.55. The fraction of sp³-hybridized carbons (Fsp3) is 0.0870. The highest BCUT2D eigenvalue weighted by Gasteiger charge is 2.27. The summed E-state index contributed by atoms with van der Waals surface area (Å²) in [6.07, 6.45) is 1.56. The van der Waals surface area contributed by atoms with Crippen molar-refractivity contribution in [3.63, 3.8) is 0 Å². The van der Waals surface area contributed by atoms with Crippen molar-refractivity contribution in [1.82, 2.24) is 14.9 Å². The second-order valence-electron chi connectivity index (χ2n) is 7.07. The number of hydrogen-bond acceptors (Lipinski definition) is 4. The van der Waals surface area contributed by atoms with Crippen LogP contribution in [0, 0.1) is 11.6 Å². The lowest BCUT2D eigenvalue weighted by molar-refractivity contribution is 0.0680. The topological polar surface area (TPSA) is 104 Å². The van der Waals surface area contributed by atoms with Crippen molar-refractivity contribution >= 4 is 22.8 Å². The standard InChI is InChI=1S/C23H17F2N3O4/c24-17-7-4-13(9-18(17)25)11-27-22(30)20-16-6-5-15(29)10-19(16)28(21(20)23(31)32)12-14-3-1-2-8-26-14/h1-10,29H,11-12H2,(H,27,30)(H,31,32). The van der Waals surface area contributed by atoms with Gasteiger partial charge in [-0.1, -0.05) is 12.1 Å². The SMILES string of the molecule is O=C(NCc1ccc(F)c(F)c1)c1c(C(=O)O)n(Cc2ccccn2)c2cc(O)ccc12. The van der Waals surface area contributed by atoms with E-state index in [1.165, 1.54) is 28.8 Å². The molecule has 2 heterocycles. The van der Waals surface area contributed by atoms with E-state index < -0.39 is 23.5 Å². The van der Waals surface area contributed by atoms with Gasteiger partial charge >= 0.3 is 5.97 Å². The van der Waals surface area contributed by atoms with E-state index in [9.17, 15) is 28.6 Å². The number of halogens is 2. The van der Waals surface area contributed by atoms with Crippen molar-refractivity contribution in [2.75, 3.05) is 0 Å². The molecule has 2 aromatic heterocycles. The molecule has 162 valence electrons. The Labute approximate surface area is 180 Å². The number of carboxylic acid groups (broad SMARTS) is 1. The van der Waals surface area contributed by atoms with E-state index in [0.717, 1.165) is 12.1 Å². The third kappa shape index (κ3) is 4.00. The van der Waals surface area contributed by atoms with E-state index in [0.29, 0.717) is 22.2 Å². The summed E-state index contributed by atoms with van der Waals surface area (Å²) in [6.45, 7) is -0.0844. The Morgan fingerprint density at radius 2 is 1.84 bits per heavy atom. The molecule has 1 amide bonds. The van der Waals surface area contributed by atoms with Crippen molar-refractivity contribution in [2.24, 2.45) is 0 Å². The Morgan fingerprint density at radius 3 is 2.53 bits per heavy atom. The molecule has 7 nitrogen and oxygen atoms in total. The zero-order chi connectivity index (χ0) is 22.8. The quantitative estimate of drug-likeness (QED) is 0.427. The number of carbonyl (C=O) groups excluding carboxylic acids is 1. The fourth-order valence-corrected chi connectivity index (χ4v) is 3.53. The lowest BCUT2D eigenvalue weighted by atomic mass is 10.1. The lowest BCUT2D eigenvalue weighted by Gasteiger charge is -2.09. The second kappa shape index (κ2) is 8.46. The highest BCUT2D eigenvalue weighted by atomic mass is 19.2. The molecule has 0 radical (unpaired) electrons. The fourth-order valence-electron chi connectivity index (χ4n) is 3.53. The highest BCUT2D eigenvalue weighted by molar-refractivity contribution is 6.14. The van der Waals surface area contributed by atoms with Gasteiger partial charge in [-0.25, -0.2) is 13.6 Å². The predicted molar refractivity (Wildman–Crippen MR) is 111 cm³/mol. The Morgan fingerprint density at radius 1 is 1.03 bits per heavy atom. The third-order valence-corrected chi connectivity index (χ3v) is 4.96. The van der Waals surface area contributed by atoms with Crippen molar-refractivity contribution < 1.29 is 28.6 Å². The Balaban J connectivity index is 1.77. The minimum Gasteiger partial charge on any atom is -0.508 e. The Bertz CT molecular complexity index is 1340. The number of fused-ring (bicyclic) bond motifs is 1. The number of rotatable bonds is 6. The zero-order valence-electron chi connectivity index (χ0n) is 16.5. The summed E-state index contributed by atoms with van der Waals surface area (Å²) >= 11 is 0. The van der Waals surface area contributed by atoms with Gasteiger partial charge in [0.15, 0.2) is 11.6 Å². The van der Waals surface area contributed by atoms with Crippen LogP contribution in [0.4, 0.5) is 8.78 Å². The van der Waals surface area contributed by atoms with E-state index in [1.807, 2.05) is 0 Å². The number of nitrogens with one attached hydrogen (secondary N) is 1. The normalized spacial score (nSPS) is 10.9. The minimum absolute atomic E-state index is 0.0544. The first kappa shape index (κ1) is 21.0. The number of aromatic nitrogens is 2. The van der Waals surface area contributed by atoms with E-state index in [2.05, 4.69) is 10.3 Å². The number of phenols is 1. The van der Waals surface area contributed by atoms with Gasteiger partial charge in [0, 0.05) is 24.2 Å². The van der Waals surface area contributed by atoms with Crippen molar-refractivity contribution in [3.8, 4) is 5.75 Å². The average Bonchev–Trinajstić information content (AvgIpc) is 3.08. The number of amides is 1. The molecule has 3 N–H and O–H groups in total. The first-order valence-corrected chi connectivity index (χ1v) is 9.55. The molecule has 0 aliphatic heterocycles. The minimum atomic E-state index is -1.34. The lowest BCUT2D eigenvalue weighted by Crippen LogP contribution is -2.25. The highest BCUT2D eigenvalue weighted by Crippen LogP contribution is 2.30. The number of carboxylic acids is 1. The van der Waals surface area contributed by atoms with Crippen LogP contribution >= 0.6 is 0 Å². The molecule has 0 aliphatic carbocycles. The predicted octanol–water partition coefficient (Wildman–Crippen LogP) is 3.70. The summed E-state index contributed by atoms with van der Waals surface area (Å²) in [7, 11) is 0. The summed E-state index contributed by atoms with van der Waals surface area (Å²) in [5.41, 5.74) is 0.823. The third-order valence-electron chi connectivity index (χ3n) is 4.96. The second-order valence-corrected chi connectivity index (χ2v) is 7.07. The molecular formula is C23H17F2N3O4. The van der Waals surface area contributed by atoms with Crippen LogP contribution in [0.25, 0.3) is 10.9 Å². The molecule has 4 rings (SSSR count). The van der Waals surface area contributed by atoms with Crippen LogP contribution in [0.15, 0.2) is 60.8 Å². The number of nitrogens with zero attached hydrogens (tertiary/aromatic N) is 2. The van der Waals surface area contributed by atoms with Gasteiger partial charge in [-0.3, -0.25) is 9.78 Å². The molecular weight excluding hydrogens is 420 g/mol. The van der Waals surface area contributed by atoms with E-state index >= 15 is 0 Å². The molecule has 0 saturated carbocycles. The number of hydrogen-bond donors (Lipinski definition) is 3. The maximum atomic E-state index is 13.5. The van der Waals surface area contributed by atoms with Crippen molar-refractivity contribution in [1.29, 1.82) is 0 Å². The van der Waals surface area contributed by atoms with Crippen LogP contribution < -0.4 is 5.32 Å². The number of aromatic carboxylic acids is 1. The van der Waals surface area contributed by atoms with E-state index in [-0.39, 0.29) is 30.1 Å². The number of benzene rings is 2. The average molecular weight is 437 g/mol. The Hall–Kier alpha value is -4.27.